The van der Waals surface area contributed by atoms with Crippen LogP contribution in [0.4, 0.5) is 15.3 Å². The van der Waals surface area contributed by atoms with Crippen LogP contribution in [-0.4, -0.2) is 132 Å². The van der Waals surface area contributed by atoms with Crippen molar-refractivity contribution < 1.29 is 38.9 Å². The van der Waals surface area contributed by atoms with E-state index in [0.717, 1.165) is 75.8 Å². The Morgan fingerprint density at radius 3 is 2.11 bits per heavy atom. The largest absolute Gasteiger partial charge is 0.506 e. The number of phenols is 1. The van der Waals surface area contributed by atoms with Gasteiger partial charge in [0.05, 0.1) is 29.1 Å². The summed E-state index contributed by atoms with van der Waals surface area (Å²) in [5.74, 6) is 1.04. The molecule has 0 saturated carbocycles. The van der Waals surface area contributed by atoms with Crippen LogP contribution in [-0.2, 0) is 31.9 Å². The molecule has 0 radical (unpaired) electrons. The van der Waals surface area contributed by atoms with Gasteiger partial charge in [0, 0.05) is 57.4 Å². The molecule has 302 valence electrons. The number of carbonyl (C=O) groups excluding carboxylic acids is 4. The normalized spacial score (nSPS) is 19.4. The third-order valence-corrected chi connectivity index (χ3v) is 12.6. The monoisotopic (exact) mass is 891 g/mol. The zero-order valence-electron chi connectivity index (χ0n) is 31.9. The first-order valence-corrected chi connectivity index (χ1v) is 21.1. The van der Waals surface area contributed by atoms with Gasteiger partial charge in [-0.3, -0.25) is 9.59 Å². The third kappa shape index (κ3) is 11.8. The predicted molar refractivity (Wildman–Crippen MR) is 216 cm³/mol. The highest BCUT2D eigenvalue weighted by atomic mass is 79.9. The number of phenolic OH excluding ortho intramolecular Hbond substituents is 1. The maximum Gasteiger partial charge on any atom is 0.409 e. The van der Waals surface area contributed by atoms with E-state index in [0.29, 0.717) is 66.5 Å². The second-order valence-corrected chi connectivity index (χ2v) is 16.5. The number of para-hydroxylation sites is 1. The number of aromatic hydroxyl groups is 1. The molecule has 6 rings (SSSR count). The van der Waals surface area contributed by atoms with Crippen molar-refractivity contribution in [3.8, 4) is 5.75 Å². The third-order valence-electron chi connectivity index (χ3n) is 11.4. The van der Waals surface area contributed by atoms with E-state index in [1.165, 1.54) is 12.7 Å². The van der Waals surface area contributed by atoms with Crippen molar-refractivity contribution in [2.75, 3.05) is 71.4 Å². The molecule has 0 aromatic heterocycles. The molecular weight excluding hydrogens is 838 g/mol. The molecule has 15 heteroatoms. The fourth-order valence-electron chi connectivity index (χ4n) is 8.21. The number of amides is 4. The lowest BCUT2D eigenvalue weighted by atomic mass is 9.78. The van der Waals surface area contributed by atoms with Crippen LogP contribution in [0.3, 0.4) is 0 Å². The summed E-state index contributed by atoms with van der Waals surface area (Å²) in [7, 11) is 1.40. The highest BCUT2D eigenvalue weighted by Gasteiger charge is 2.34. The van der Waals surface area contributed by atoms with E-state index in [1.54, 1.807) is 21.9 Å². The molecule has 2 aromatic carbocycles. The number of piperidine rings is 3. The standard InChI is InChI=1S/C24H34Br2N2O5.C16H21N3O3/c1-2-33-22(30)7-10-27-8-3-17(4-9-27)18-5-11-28(12-6-18)24(32)21(29)15-16-13-19(25)23(31)20(26)14-16;1-22-16(21)18-9-7-13(8-10-18)19-11-6-12-4-2-3-5-14(12)17-15(19)20/h13-14,17-18,21,29,31H,2-12,15H2,1H3;2-5,13H,6-11H2,1H3,(H,17,20)/t21-;/m1./s1. The Morgan fingerprint density at radius 1 is 0.891 bits per heavy atom. The molecule has 3 N–H and O–H groups in total. The molecule has 4 heterocycles. The summed E-state index contributed by atoms with van der Waals surface area (Å²) in [6.45, 7) is 8.42. The molecule has 55 heavy (non-hydrogen) atoms. The number of ether oxygens (including phenoxy) is 2. The number of aliphatic hydroxyl groups is 1. The molecule has 0 spiro atoms. The Kier molecular flexibility index (Phi) is 16.1. The molecule has 4 aliphatic heterocycles. The van der Waals surface area contributed by atoms with Crippen LogP contribution in [0.2, 0.25) is 0 Å². The number of fused-ring (bicyclic) bond motifs is 1. The number of anilines is 1. The van der Waals surface area contributed by atoms with Gasteiger partial charge < -0.3 is 44.6 Å². The minimum Gasteiger partial charge on any atom is -0.506 e. The SMILES string of the molecule is CCOC(=O)CCN1CCC(C2CCN(C(=O)[C@H](O)Cc3cc(Br)c(O)c(Br)c3)CC2)CC1.COC(=O)N1CCC(N2CCc3ccccc3NC2=O)CC1. The van der Waals surface area contributed by atoms with Crippen LogP contribution in [0.15, 0.2) is 45.3 Å². The summed E-state index contributed by atoms with van der Waals surface area (Å²) in [6, 6.07) is 11.5. The second kappa shape index (κ2) is 20.7. The summed E-state index contributed by atoms with van der Waals surface area (Å²) in [5.41, 5.74) is 2.85. The van der Waals surface area contributed by atoms with Crippen LogP contribution in [0.1, 0.15) is 63.0 Å². The van der Waals surface area contributed by atoms with Crippen LogP contribution < -0.4 is 5.32 Å². The number of hydrogen-bond donors (Lipinski definition) is 3. The van der Waals surface area contributed by atoms with Crippen molar-refractivity contribution in [3.05, 3.63) is 56.5 Å². The van der Waals surface area contributed by atoms with E-state index in [1.807, 2.05) is 30.0 Å². The Labute approximate surface area is 340 Å². The average Bonchev–Trinajstić information content (AvgIpc) is 3.37. The van der Waals surface area contributed by atoms with E-state index in [4.69, 9.17) is 9.47 Å². The van der Waals surface area contributed by atoms with Crippen LogP contribution in [0, 0.1) is 11.8 Å². The van der Waals surface area contributed by atoms with Crippen molar-refractivity contribution in [1.82, 2.24) is 19.6 Å². The number of halogens is 2. The number of methoxy groups -OCH3 is 1. The van der Waals surface area contributed by atoms with E-state index in [9.17, 15) is 29.4 Å². The predicted octanol–water partition coefficient (Wildman–Crippen LogP) is 6.03. The number of nitrogens with zero attached hydrogens (tertiary/aromatic N) is 4. The van der Waals surface area contributed by atoms with Crippen LogP contribution >= 0.6 is 31.9 Å². The maximum absolute atomic E-state index is 12.8. The molecule has 1 atom stereocenters. The van der Waals surface area contributed by atoms with Crippen molar-refractivity contribution in [2.45, 2.75) is 76.9 Å². The van der Waals surface area contributed by atoms with Gasteiger partial charge in [-0.1, -0.05) is 18.2 Å². The summed E-state index contributed by atoms with van der Waals surface area (Å²) in [5, 5.41) is 23.4. The summed E-state index contributed by atoms with van der Waals surface area (Å²) < 4.78 is 10.8. The fraction of sp³-hybridized carbons (Fsp3) is 0.600. The van der Waals surface area contributed by atoms with Gasteiger partial charge >= 0.3 is 18.1 Å². The highest BCUT2D eigenvalue weighted by Crippen LogP contribution is 2.35. The number of benzene rings is 2. The first-order valence-electron chi connectivity index (χ1n) is 19.5. The van der Waals surface area contributed by atoms with Crippen molar-refractivity contribution in [2.24, 2.45) is 11.8 Å². The summed E-state index contributed by atoms with van der Waals surface area (Å²) >= 11 is 6.58. The lowest BCUT2D eigenvalue weighted by Crippen LogP contribution is -2.50. The molecule has 0 unspecified atom stereocenters. The molecule has 4 amide bonds. The maximum atomic E-state index is 12.8. The zero-order chi connectivity index (χ0) is 39.5. The summed E-state index contributed by atoms with van der Waals surface area (Å²) in [6.07, 6.45) is 5.94. The van der Waals surface area contributed by atoms with Gasteiger partial charge in [-0.2, -0.15) is 0 Å². The van der Waals surface area contributed by atoms with Gasteiger partial charge in [0.15, 0.2) is 0 Å². The van der Waals surface area contributed by atoms with Gasteiger partial charge in [-0.15, -0.1) is 0 Å². The Hall–Kier alpha value is -3.40. The number of carbonyl (C=O) groups is 4. The Bertz CT molecular complexity index is 1600. The summed E-state index contributed by atoms with van der Waals surface area (Å²) in [4.78, 5) is 56.1. The molecule has 0 bridgehead atoms. The quantitative estimate of drug-likeness (QED) is 0.257. The Balaban J connectivity index is 0.000000228. The highest BCUT2D eigenvalue weighted by molar-refractivity contribution is 9.11. The molecule has 4 aliphatic rings. The molecule has 2 aromatic rings. The number of hydrogen-bond acceptors (Lipinski definition) is 9. The first kappa shape index (κ1) is 42.7. The van der Waals surface area contributed by atoms with Gasteiger partial charge in [0.1, 0.15) is 11.9 Å². The molecule has 13 nitrogen and oxygen atoms in total. The topological polar surface area (TPSA) is 152 Å². The smallest absolute Gasteiger partial charge is 0.409 e. The number of aliphatic hydroxyl groups excluding tert-OH is 1. The van der Waals surface area contributed by atoms with Crippen LogP contribution in [0.25, 0.3) is 0 Å². The molecule has 3 fully saturated rings. The van der Waals surface area contributed by atoms with Crippen molar-refractivity contribution >= 4 is 61.5 Å². The number of rotatable bonds is 9. The van der Waals surface area contributed by atoms with Gasteiger partial charge in [-0.05, 0) is 138 Å². The molecule has 3 saturated heterocycles. The van der Waals surface area contributed by atoms with Gasteiger partial charge in [0.2, 0.25) is 0 Å². The Morgan fingerprint density at radius 2 is 1.49 bits per heavy atom. The lowest BCUT2D eigenvalue weighted by molar-refractivity contribution is -0.144. The number of urea groups is 1. The average molecular weight is 894 g/mol. The van der Waals surface area contributed by atoms with Gasteiger partial charge in [-0.25, -0.2) is 9.59 Å². The van der Waals surface area contributed by atoms with Crippen LogP contribution in [0.5, 0.6) is 5.75 Å². The van der Waals surface area contributed by atoms with Crippen molar-refractivity contribution in [3.63, 3.8) is 0 Å². The first-order chi connectivity index (χ1) is 26.5. The van der Waals surface area contributed by atoms with E-state index < -0.39 is 6.10 Å². The molecular formula is C40H55Br2N5O8. The van der Waals surface area contributed by atoms with Gasteiger partial charge in [0.25, 0.3) is 5.91 Å². The van der Waals surface area contributed by atoms with E-state index in [2.05, 4.69) is 48.1 Å². The lowest BCUT2D eigenvalue weighted by Gasteiger charge is -2.40. The number of nitrogens with one attached hydrogen (secondary N) is 1. The molecule has 0 aliphatic carbocycles. The number of esters is 1. The van der Waals surface area contributed by atoms with E-state index >= 15 is 0 Å². The number of likely N-dealkylation sites (tertiary alicyclic amines) is 3. The van der Waals surface area contributed by atoms with Crippen molar-refractivity contribution in [1.29, 1.82) is 0 Å². The van der Waals surface area contributed by atoms with E-state index in [-0.39, 0.29) is 42.2 Å². The zero-order valence-corrected chi connectivity index (χ0v) is 35.1. The minimum atomic E-state index is -1.09. The second-order valence-electron chi connectivity index (χ2n) is 14.7. The fourth-order valence-corrected chi connectivity index (χ4v) is 9.49. The minimum absolute atomic E-state index is 0.0403.